The fraction of sp³-hybridized carbons (Fsp3) is 0.133. The van der Waals surface area contributed by atoms with E-state index in [1.54, 1.807) is 0 Å². The number of sulfonamides is 1. The molecular weight excluding hydrogens is 386 g/mol. The molecule has 0 aliphatic rings. The van der Waals surface area contributed by atoms with Gasteiger partial charge >= 0.3 is 12.4 Å². The van der Waals surface area contributed by atoms with E-state index in [0.717, 1.165) is 24.3 Å². The Kier molecular flexibility index (Phi) is 5.31. The number of halogens is 6. The van der Waals surface area contributed by atoms with Crippen molar-refractivity contribution in [3.8, 4) is 0 Å². The molecule has 0 atom stereocenters. The van der Waals surface area contributed by atoms with Crippen LogP contribution in [0.5, 0.6) is 0 Å². The van der Waals surface area contributed by atoms with Crippen LogP contribution >= 0.6 is 0 Å². The van der Waals surface area contributed by atoms with Crippen molar-refractivity contribution in [2.45, 2.75) is 17.2 Å². The molecule has 4 nitrogen and oxygen atoms in total. The van der Waals surface area contributed by atoms with Crippen molar-refractivity contribution in [1.82, 2.24) is 4.83 Å². The molecule has 0 unspecified atom stereocenters. The number of hydrazone groups is 1. The Morgan fingerprint density at radius 1 is 0.846 bits per heavy atom. The Bertz CT molecular complexity index is 906. The van der Waals surface area contributed by atoms with E-state index >= 15 is 0 Å². The van der Waals surface area contributed by atoms with Gasteiger partial charge in [0.1, 0.15) is 4.90 Å². The van der Waals surface area contributed by atoms with E-state index in [9.17, 15) is 34.8 Å². The van der Waals surface area contributed by atoms with Gasteiger partial charge in [-0.25, -0.2) is 0 Å². The molecule has 0 radical (unpaired) electrons. The monoisotopic (exact) mass is 396 g/mol. The van der Waals surface area contributed by atoms with E-state index < -0.39 is 44.1 Å². The van der Waals surface area contributed by atoms with Crippen molar-refractivity contribution >= 4 is 15.7 Å². The van der Waals surface area contributed by atoms with Crippen LogP contribution in [0.1, 0.15) is 11.1 Å². The second-order valence-corrected chi connectivity index (χ2v) is 6.54. The van der Waals surface area contributed by atoms with Crippen LogP contribution in [0, 0.1) is 0 Å². The summed E-state index contributed by atoms with van der Waals surface area (Å²) in [4.78, 5) is 0.00239. The summed E-state index contributed by atoms with van der Waals surface area (Å²) in [5, 5.41) is 2.82. The standard InChI is InChI=1S/C15H10F6N2O2S/c16-14(17,18)11-8-4-5-9-12(11)26(24,25)23-22-13(15(19,20)21)10-6-2-1-3-7-10/h1-9,23H/b22-13+. The summed E-state index contributed by atoms with van der Waals surface area (Å²) in [7, 11) is -4.99. The molecule has 2 rings (SSSR count). The van der Waals surface area contributed by atoms with E-state index in [4.69, 9.17) is 0 Å². The third-order valence-electron chi connectivity index (χ3n) is 3.08. The Hall–Kier alpha value is -2.56. The third-order valence-corrected chi connectivity index (χ3v) is 4.34. The van der Waals surface area contributed by atoms with Crippen LogP contribution in [-0.2, 0) is 16.2 Å². The van der Waals surface area contributed by atoms with Crippen LogP contribution in [0.15, 0.2) is 64.6 Å². The summed E-state index contributed by atoms with van der Waals surface area (Å²) in [6.07, 6.45) is -10.0. The van der Waals surface area contributed by atoms with Crippen molar-refractivity contribution in [3.63, 3.8) is 0 Å². The molecule has 0 aliphatic heterocycles. The normalized spacial score (nSPS) is 13.5. The minimum absolute atomic E-state index is 0.452. The van der Waals surface area contributed by atoms with Gasteiger partial charge in [-0.05, 0) is 12.1 Å². The molecule has 2 aromatic carbocycles. The van der Waals surface area contributed by atoms with Gasteiger partial charge in [0.25, 0.3) is 10.0 Å². The number of hydrogen-bond acceptors (Lipinski definition) is 3. The third kappa shape index (κ3) is 4.54. The van der Waals surface area contributed by atoms with Gasteiger partial charge in [-0.1, -0.05) is 42.5 Å². The number of nitrogens with one attached hydrogen (secondary N) is 1. The fourth-order valence-corrected chi connectivity index (χ4v) is 3.02. The van der Waals surface area contributed by atoms with Gasteiger partial charge in [-0.2, -0.15) is 44.7 Å². The summed E-state index contributed by atoms with van der Waals surface area (Å²) in [5.41, 5.74) is -3.56. The summed E-state index contributed by atoms with van der Waals surface area (Å²) < 4.78 is 102. The molecule has 11 heteroatoms. The van der Waals surface area contributed by atoms with Gasteiger partial charge in [0.05, 0.1) is 5.56 Å². The zero-order valence-corrected chi connectivity index (χ0v) is 13.5. The predicted octanol–water partition coefficient (Wildman–Crippen LogP) is 3.95. The van der Waals surface area contributed by atoms with E-state index in [1.165, 1.54) is 23.0 Å². The lowest BCUT2D eigenvalue weighted by atomic mass is 10.1. The van der Waals surface area contributed by atoms with Crippen LogP contribution in [-0.4, -0.2) is 20.3 Å². The highest BCUT2D eigenvalue weighted by molar-refractivity contribution is 7.89. The maximum Gasteiger partial charge on any atom is 0.435 e. The molecule has 0 saturated heterocycles. The van der Waals surface area contributed by atoms with Crippen molar-refractivity contribution in [3.05, 3.63) is 65.7 Å². The Balaban J connectivity index is 2.48. The summed E-state index contributed by atoms with van der Waals surface area (Å²) >= 11 is 0. The maximum absolute atomic E-state index is 13.1. The predicted molar refractivity (Wildman–Crippen MR) is 80.8 cm³/mol. The molecule has 0 saturated carbocycles. The van der Waals surface area contributed by atoms with Crippen molar-refractivity contribution < 1.29 is 34.8 Å². The Morgan fingerprint density at radius 2 is 1.38 bits per heavy atom. The van der Waals surface area contributed by atoms with Crippen molar-refractivity contribution in [2.24, 2.45) is 5.10 Å². The van der Waals surface area contributed by atoms with Gasteiger partial charge in [-0.15, -0.1) is 0 Å². The molecule has 0 heterocycles. The van der Waals surface area contributed by atoms with Crippen LogP contribution in [0.3, 0.4) is 0 Å². The second-order valence-electron chi connectivity index (χ2n) is 4.91. The first-order valence-electron chi connectivity index (χ1n) is 6.81. The molecule has 140 valence electrons. The first-order chi connectivity index (χ1) is 11.9. The molecule has 0 bridgehead atoms. The average molecular weight is 396 g/mol. The Labute approximate surface area is 144 Å². The lowest BCUT2D eigenvalue weighted by Crippen LogP contribution is -2.30. The smallest absolute Gasteiger partial charge is 0.200 e. The molecule has 0 spiro atoms. The molecule has 0 fully saturated rings. The van der Waals surface area contributed by atoms with Crippen LogP contribution < -0.4 is 4.83 Å². The minimum Gasteiger partial charge on any atom is -0.200 e. The van der Waals surface area contributed by atoms with Crippen molar-refractivity contribution in [1.29, 1.82) is 0 Å². The topological polar surface area (TPSA) is 58.5 Å². The van der Waals surface area contributed by atoms with E-state index in [2.05, 4.69) is 5.10 Å². The highest BCUT2D eigenvalue weighted by atomic mass is 32.2. The van der Waals surface area contributed by atoms with E-state index in [0.29, 0.717) is 12.1 Å². The Morgan fingerprint density at radius 3 is 1.92 bits per heavy atom. The van der Waals surface area contributed by atoms with Gasteiger partial charge in [0.15, 0.2) is 5.71 Å². The average Bonchev–Trinajstić information content (AvgIpc) is 2.54. The fourth-order valence-electron chi connectivity index (χ4n) is 1.98. The van der Waals surface area contributed by atoms with Gasteiger partial charge in [-0.3, -0.25) is 0 Å². The SMILES string of the molecule is O=S(=O)(N/N=C(\c1ccccc1)C(F)(F)F)c1ccccc1C(F)(F)F. The summed E-state index contributed by atoms with van der Waals surface area (Å²) in [6, 6.07) is 9.12. The molecule has 0 amide bonds. The van der Waals surface area contributed by atoms with Crippen LogP contribution in [0.25, 0.3) is 0 Å². The number of alkyl halides is 6. The zero-order valence-electron chi connectivity index (χ0n) is 12.6. The van der Waals surface area contributed by atoms with Crippen molar-refractivity contribution in [2.75, 3.05) is 0 Å². The number of benzene rings is 2. The quantitative estimate of drug-likeness (QED) is 0.483. The molecule has 26 heavy (non-hydrogen) atoms. The molecule has 2 aromatic rings. The lowest BCUT2D eigenvalue weighted by Gasteiger charge is -2.14. The molecule has 1 N–H and O–H groups in total. The van der Waals surface area contributed by atoms with E-state index in [1.807, 2.05) is 0 Å². The number of hydrogen-bond donors (Lipinski definition) is 1. The second kappa shape index (κ2) is 6.98. The minimum atomic E-state index is -5.03. The largest absolute Gasteiger partial charge is 0.435 e. The number of nitrogens with zero attached hydrogens (tertiary/aromatic N) is 1. The first-order valence-corrected chi connectivity index (χ1v) is 8.29. The summed E-state index contributed by atoms with van der Waals surface area (Å²) in [5.74, 6) is 0. The van der Waals surface area contributed by atoms with Gasteiger partial charge in [0, 0.05) is 5.56 Å². The molecule has 0 aliphatic carbocycles. The van der Waals surface area contributed by atoms with Crippen LogP contribution in [0.2, 0.25) is 0 Å². The van der Waals surface area contributed by atoms with Crippen LogP contribution in [0.4, 0.5) is 26.3 Å². The molecular formula is C15H10F6N2O2S. The van der Waals surface area contributed by atoms with Gasteiger partial charge in [0.2, 0.25) is 0 Å². The number of rotatable bonds is 4. The lowest BCUT2D eigenvalue weighted by molar-refractivity contribution is -0.139. The highest BCUT2D eigenvalue weighted by Crippen LogP contribution is 2.34. The van der Waals surface area contributed by atoms with E-state index in [-0.39, 0.29) is 0 Å². The van der Waals surface area contributed by atoms with Gasteiger partial charge < -0.3 is 0 Å². The summed E-state index contributed by atoms with van der Waals surface area (Å²) in [6.45, 7) is 0. The molecule has 0 aromatic heterocycles. The maximum atomic E-state index is 13.1. The first kappa shape index (κ1) is 19.8. The highest BCUT2D eigenvalue weighted by Gasteiger charge is 2.39. The zero-order chi connectivity index (χ0) is 19.6.